The summed E-state index contributed by atoms with van der Waals surface area (Å²) in [6.45, 7) is 2.16. The molecule has 0 spiro atoms. The van der Waals surface area contributed by atoms with Gasteiger partial charge in [0, 0.05) is 25.6 Å². The molecule has 0 saturated heterocycles. The van der Waals surface area contributed by atoms with Crippen molar-refractivity contribution in [1.29, 1.82) is 0 Å². The summed E-state index contributed by atoms with van der Waals surface area (Å²) in [6.07, 6.45) is 1.80. The second kappa shape index (κ2) is 9.18. The average molecular weight is 419 g/mol. The zero-order valence-electron chi connectivity index (χ0n) is 16.8. The van der Waals surface area contributed by atoms with Crippen molar-refractivity contribution < 1.29 is 10.2 Å². The van der Waals surface area contributed by atoms with Crippen LogP contribution in [0.25, 0.3) is 0 Å². The van der Waals surface area contributed by atoms with Gasteiger partial charge in [-0.2, -0.15) is 0 Å². The lowest BCUT2D eigenvalue weighted by Gasteiger charge is -2.27. The van der Waals surface area contributed by atoms with Crippen LogP contribution in [-0.2, 0) is 13.0 Å². The Kier molecular flexibility index (Phi) is 6.19. The van der Waals surface area contributed by atoms with E-state index >= 15 is 0 Å². The molecule has 5 heteroatoms. The first-order valence-corrected chi connectivity index (χ1v) is 10.7. The molecule has 3 N–H and O–H groups in total. The molecule has 1 aliphatic rings. The number of hydrogen-bond acceptors (Lipinski definition) is 3. The fourth-order valence-corrected chi connectivity index (χ4v) is 4.30. The summed E-state index contributed by atoms with van der Waals surface area (Å²) >= 11 is 5.74. The van der Waals surface area contributed by atoms with Crippen molar-refractivity contribution >= 4 is 17.3 Å². The van der Waals surface area contributed by atoms with E-state index in [4.69, 9.17) is 12.2 Å². The molecule has 3 aromatic rings. The van der Waals surface area contributed by atoms with Crippen molar-refractivity contribution in [1.82, 2.24) is 10.2 Å². The largest absolute Gasteiger partial charge is 0.504 e. The smallest absolute Gasteiger partial charge is 0.169 e. The van der Waals surface area contributed by atoms with Gasteiger partial charge >= 0.3 is 0 Å². The monoisotopic (exact) mass is 418 g/mol. The number of nitrogens with zero attached hydrogens (tertiary/aromatic N) is 1. The van der Waals surface area contributed by atoms with E-state index < -0.39 is 0 Å². The van der Waals surface area contributed by atoms with Crippen LogP contribution in [0.2, 0.25) is 0 Å². The fourth-order valence-electron chi connectivity index (χ4n) is 4.06. The van der Waals surface area contributed by atoms with Crippen LogP contribution in [0.5, 0.6) is 11.5 Å². The van der Waals surface area contributed by atoms with Crippen molar-refractivity contribution in [3.05, 3.63) is 95.1 Å². The predicted octanol–water partition coefficient (Wildman–Crippen LogP) is 4.55. The first-order valence-electron chi connectivity index (χ1n) is 10.3. The summed E-state index contributed by atoms with van der Waals surface area (Å²) in [4.78, 5) is 2.14. The molecule has 1 heterocycles. The lowest BCUT2D eigenvalue weighted by atomic mass is 9.91. The SMILES string of the molecule is Oc1cc2c(cc1O)CN(C(=S)NCC(c1ccccc1)c1ccccc1)CCC2. The molecule has 30 heavy (non-hydrogen) atoms. The number of benzene rings is 3. The summed E-state index contributed by atoms with van der Waals surface area (Å²) in [6, 6.07) is 24.3. The van der Waals surface area contributed by atoms with Gasteiger partial charge in [0.25, 0.3) is 0 Å². The van der Waals surface area contributed by atoms with Crippen LogP contribution in [0.4, 0.5) is 0 Å². The van der Waals surface area contributed by atoms with Gasteiger partial charge in [0.1, 0.15) is 0 Å². The van der Waals surface area contributed by atoms with E-state index in [-0.39, 0.29) is 17.4 Å². The minimum Gasteiger partial charge on any atom is -0.504 e. The normalized spacial score (nSPS) is 13.6. The third kappa shape index (κ3) is 4.57. The molecule has 0 radical (unpaired) electrons. The average Bonchev–Trinajstić information content (AvgIpc) is 2.98. The summed E-state index contributed by atoms with van der Waals surface area (Å²) in [5, 5.41) is 23.9. The number of phenolic OH excluding ortho intramolecular Hbond substituents is 2. The van der Waals surface area contributed by atoms with E-state index in [1.54, 1.807) is 12.1 Å². The molecule has 0 bridgehead atoms. The molecule has 0 saturated carbocycles. The van der Waals surface area contributed by atoms with Crippen LogP contribution in [-0.4, -0.2) is 33.3 Å². The minimum atomic E-state index is -0.0808. The summed E-state index contributed by atoms with van der Waals surface area (Å²) in [5.74, 6) is 0.0600. The molecule has 0 atom stereocenters. The second-order valence-electron chi connectivity index (χ2n) is 7.69. The summed E-state index contributed by atoms with van der Waals surface area (Å²) in [5.41, 5.74) is 4.58. The Labute approximate surface area is 182 Å². The first-order chi connectivity index (χ1) is 14.6. The topological polar surface area (TPSA) is 55.7 Å². The summed E-state index contributed by atoms with van der Waals surface area (Å²) in [7, 11) is 0. The van der Waals surface area contributed by atoms with Crippen LogP contribution >= 0.6 is 12.2 Å². The Hall–Kier alpha value is -3.05. The zero-order chi connectivity index (χ0) is 20.9. The van der Waals surface area contributed by atoms with Gasteiger partial charge in [-0.05, 0) is 59.4 Å². The Morgan fingerprint density at radius 1 is 0.900 bits per heavy atom. The van der Waals surface area contributed by atoms with Crippen molar-refractivity contribution in [2.24, 2.45) is 0 Å². The number of phenols is 2. The maximum absolute atomic E-state index is 9.90. The van der Waals surface area contributed by atoms with Crippen molar-refractivity contribution in [3.63, 3.8) is 0 Å². The van der Waals surface area contributed by atoms with Crippen LogP contribution in [0.3, 0.4) is 0 Å². The van der Waals surface area contributed by atoms with Gasteiger partial charge in [-0.1, -0.05) is 60.7 Å². The molecular weight excluding hydrogens is 392 g/mol. The molecule has 3 aromatic carbocycles. The quantitative estimate of drug-likeness (QED) is 0.429. The van der Waals surface area contributed by atoms with E-state index in [0.29, 0.717) is 18.2 Å². The molecule has 0 aromatic heterocycles. The maximum atomic E-state index is 9.90. The Balaban J connectivity index is 1.49. The van der Waals surface area contributed by atoms with Crippen LogP contribution < -0.4 is 5.32 Å². The number of aryl methyl sites for hydroxylation is 1. The Bertz CT molecular complexity index is 969. The van der Waals surface area contributed by atoms with Crippen LogP contribution in [0.1, 0.15) is 34.6 Å². The highest BCUT2D eigenvalue weighted by molar-refractivity contribution is 7.80. The van der Waals surface area contributed by atoms with E-state index in [0.717, 1.165) is 30.5 Å². The standard InChI is InChI=1S/C25H26N2O2S/c28-23-14-20-12-7-13-27(17-21(20)15-24(23)29)25(30)26-16-22(18-8-3-1-4-9-18)19-10-5-2-6-11-19/h1-6,8-11,14-15,22,28-29H,7,12-13,16-17H2,(H,26,30). The number of aromatic hydroxyl groups is 2. The molecule has 4 rings (SSSR count). The van der Waals surface area contributed by atoms with Gasteiger partial charge in [-0.3, -0.25) is 0 Å². The maximum Gasteiger partial charge on any atom is 0.169 e. The molecule has 0 aliphatic carbocycles. The van der Waals surface area contributed by atoms with E-state index in [9.17, 15) is 10.2 Å². The van der Waals surface area contributed by atoms with Crippen molar-refractivity contribution in [2.45, 2.75) is 25.3 Å². The van der Waals surface area contributed by atoms with Gasteiger partial charge in [-0.15, -0.1) is 0 Å². The number of fused-ring (bicyclic) bond motifs is 1. The molecule has 154 valence electrons. The third-order valence-electron chi connectivity index (χ3n) is 5.68. The number of thiocarbonyl (C=S) groups is 1. The van der Waals surface area contributed by atoms with E-state index in [2.05, 4.69) is 58.7 Å². The van der Waals surface area contributed by atoms with Crippen molar-refractivity contribution in [3.8, 4) is 11.5 Å². The van der Waals surface area contributed by atoms with Crippen LogP contribution in [0.15, 0.2) is 72.8 Å². The van der Waals surface area contributed by atoms with E-state index in [1.807, 2.05) is 12.1 Å². The molecule has 0 amide bonds. The third-order valence-corrected chi connectivity index (χ3v) is 6.08. The van der Waals surface area contributed by atoms with E-state index in [1.165, 1.54) is 11.1 Å². The first kappa shape index (κ1) is 20.2. The van der Waals surface area contributed by atoms with Gasteiger partial charge < -0.3 is 20.4 Å². The molecule has 4 nitrogen and oxygen atoms in total. The molecule has 1 aliphatic heterocycles. The second-order valence-corrected chi connectivity index (χ2v) is 8.08. The number of hydrogen-bond donors (Lipinski definition) is 3. The number of rotatable bonds is 4. The lowest BCUT2D eigenvalue weighted by Crippen LogP contribution is -2.41. The fraction of sp³-hybridized carbons (Fsp3) is 0.240. The van der Waals surface area contributed by atoms with Crippen LogP contribution in [0, 0.1) is 0 Å². The van der Waals surface area contributed by atoms with Gasteiger partial charge in [0.05, 0.1) is 0 Å². The lowest BCUT2D eigenvalue weighted by molar-refractivity contribution is 0.397. The zero-order valence-corrected chi connectivity index (χ0v) is 17.6. The van der Waals surface area contributed by atoms with Crippen molar-refractivity contribution in [2.75, 3.05) is 13.1 Å². The highest BCUT2D eigenvalue weighted by atomic mass is 32.1. The Morgan fingerprint density at radius 2 is 1.47 bits per heavy atom. The molecule has 0 unspecified atom stereocenters. The molecule has 0 fully saturated rings. The van der Waals surface area contributed by atoms with Gasteiger partial charge in [0.2, 0.25) is 0 Å². The van der Waals surface area contributed by atoms with Gasteiger partial charge in [-0.25, -0.2) is 0 Å². The van der Waals surface area contributed by atoms with Gasteiger partial charge in [0.15, 0.2) is 16.6 Å². The minimum absolute atomic E-state index is 0.0588. The Morgan fingerprint density at radius 3 is 2.07 bits per heavy atom. The number of nitrogens with one attached hydrogen (secondary N) is 1. The summed E-state index contributed by atoms with van der Waals surface area (Å²) < 4.78 is 0. The highest BCUT2D eigenvalue weighted by Gasteiger charge is 2.20. The highest BCUT2D eigenvalue weighted by Crippen LogP contribution is 2.31. The predicted molar refractivity (Wildman–Crippen MR) is 124 cm³/mol. The molecular formula is C25H26N2O2S.